The SMILES string of the molecule is CC(C)(O)CN1CCN(C(=N)N)CC1. The number of hydrogen-bond donors (Lipinski definition) is 3. The molecule has 0 atom stereocenters. The van der Waals surface area contributed by atoms with Crippen LogP contribution < -0.4 is 5.73 Å². The van der Waals surface area contributed by atoms with Crippen LogP contribution in [0.2, 0.25) is 0 Å². The Hall–Kier alpha value is -0.810. The fourth-order valence-electron chi connectivity index (χ4n) is 1.69. The second-order valence-electron chi connectivity index (χ2n) is 4.46. The van der Waals surface area contributed by atoms with Crippen molar-refractivity contribution in [3.8, 4) is 0 Å². The van der Waals surface area contributed by atoms with Crippen molar-refractivity contribution in [3.63, 3.8) is 0 Å². The number of hydrogen-bond acceptors (Lipinski definition) is 3. The maximum atomic E-state index is 9.62. The summed E-state index contributed by atoms with van der Waals surface area (Å²) in [5.41, 5.74) is 4.74. The minimum absolute atomic E-state index is 0.146. The Kier molecular flexibility index (Phi) is 3.34. The summed E-state index contributed by atoms with van der Waals surface area (Å²) in [6, 6.07) is 0. The molecule has 0 spiro atoms. The molecule has 1 aliphatic rings. The zero-order valence-corrected chi connectivity index (χ0v) is 8.95. The van der Waals surface area contributed by atoms with Crippen LogP contribution in [0.25, 0.3) is 0 Å². The highest BCUT2D eigenvalue weighted by molar-refractivity contribution is 5.74. The van der Waals surface area contributed by atoms with E-state index in [0.29, 0.717) is 6.54 Å². The molecule has 0 saturated carbocycles. The summed E-state index contributed by atoms with van der Waals surface area (Å²) < 4.78 is 0. The van der Waals surface area contributed by atoms with Crippen LogP contribution in [0.4, 0.5) is 0 Å². The van der Waals surface area contributed by atoms with Gasteiger partial charge < -0.3 is 15.7 Å². The molecule has 0 aromatic heterocycles. The zero-order chi connectivity index (χ0) is 10.8. The van der Waals surface area contributed by atoms with E-state index in [4.69, 9.17) is 11.1 Å². The largest absolute Gasteiger partial charge is 0.389 e. The van der Waals surface area contributed by atoms with Crippen molar-refractivity contribution in [3.05, 3.63) is 0 Å². The van der Waals surface area contributed by atoms with Crippen molar-refractivity contribution in [1.29, 1.82) is 5.41 Å². The van der Waals surface area contributed by atoms with Gasteiger partial charge in [0.2, 0.25) is 0 Å². The zero-order valence-electron chi connectivity index (χ0n) is 8.95. The molecular formula is C9H20N4O. The van der Waals surface area contributed by atoms with E-state index in [1.54, 1.807) is 0 Å². The first-order valence-corrected chi connectivity index (χ1v) is 4.92. The van der Waals surface area contributed by atoms with E-state index in [9.17, 15) is 5.11 Å². The molecule has 4 N–H and O–H groups in total. The van der Waals surface area contributed by atoms with Crippen molar-refractivity contribution in [1.82, 2.24) is 9.80 Å². The Balaban J connectivity index is 2.33. The average molecular weight is 200 g/mol. The van der Waals surface area contributed by atoms with Gasteiger partial charge in [0.15, 0.2) is 5.96 Å². The van der Waals surface area contributed by atoms with E-state index >= 15 is 0 Å². The highest BCUT2D eigenvalue weighted by Crippen LogP contribution is 2.07. The lowest BCUT2D eigenvalue weighted by Gasteiger charge is -2.37. The predicted octanol–water partition coefficient (Wildman–Crippen LogP) is -0.732. The van der Waals surface area contributed by atoms with Crippen molar-refractivity contribution >= 4 is 5.96 Å². The van der Waals surface area contributed by atoms with Gasteiger partial charge in [0, 0.05) is 32.7 Å². The summed E-state index contributed by atoms with van der Waals surface area (Å²) in [5.74, 6) is 0.146. The quantitative estimate of drug-likeness (QED) is 0.406. The molecule has 0 aromatic carbocycles. The Morgan fingerprint density at radius 3 is 2.21 bits per heavy atom. The summed E-state index contributed by atoms with van der Waals surface area (Å²) in [6.45, 7) is 7.59. The molecule has 0 aromatic rings. The number of aliphatic hydroxyl groups is 1. The van der Waals surface area contributed by atoms with Gasteiger partial charge in [0.25, 0.3) is 0 Å². The molecule has 0 unspecified atom stereocenters. The third-order valence-corrected chi connectivity index (χ3v) is 2.32. The van der Waals surface area contributed by atoms with Gasteiger partial charge in [-0.1, -0.05) is 0 Å². The van der Waals surface area contributed by atoms with Gasteiger partial charge in [-0.05, 0) is 13.8 Å². The molecule has 5 heteroatoms. The number of nitrogens with two attached hydrogens (primary N) is 1. The lowest BCUT2D eigenvalue weighted by atomic mass is 10.1. The van der Waals surface area contributed by atoms with Crippen LogP contribution in [0.15, 0.2) is 0 Å². The molecule has 1 saturated heterocycles. The number of piperazine rings is 1. The van der Waals surface area contributed by atoms with Gasteiger partial charge in [-0.3, -0.25) is 10.3 Å². The average Bonchev–Trinajstić information content (AvgIpc) is 2.02. The van der Waals surface area contributed by atoms with Crippen LogP contribution in [0.5, 0.6) is 0 Å². The predicted molar refractivity (Wildman–Crippen MR) is 56.2 cm³/mol. The van der Waals surface area contributed by atoms with Crippen molar-refractivity contribution < 1.29 is 5.11 Å². The van der Waals surface area contributed by atoms with E-state index in [1.807, 2.05) is 18.7 Å². The fourth-order valence-corrected chi connectivity index (χ4v) is 1.69. The van der Waals surface area contributed by atoms with E-state index in [0.717, 1.165) is 26.2 Å². The number of β-amino-alcohol motifs (C(OH)–C–C–N with tert-alkyl or cyclic N) is 1. The van der Waals surface area contributed by atoms with Gasteiger partial charge in [-0.2, -0.15) is 0 Å². The molecule has 0 bridgehead atoms. The van der Waals surface area contributed by atoms with Gasteiger partial charge in [0.1, 0.15) is 0 Å². The van der Waals surface area contributed by atoms with Gasteiger partial charge >= 0.3 is 0 Å². The molecule has 0 radical (unpaired) electrons. The molecule has 14 heavy (non-hydrogen) atoms. The Morgan fingerprint density at radius 1 is 1.36 bits per heavy atom. The van der Waals surface area contributed by atoms with Crippen LogP contribution in [0, 0.1) is 5.41 Å². The summed E-state index contributed by atoms with van der Waals surface area (Å²) in [4.78, 5) is 4.04. The maximum Gasteiger partial charge on any atom is 0.188 e. The lowest BCUT2D eigenvalue weighted by Crippen LogP contribution is -2.53. The first-order chi connectivity index (χ1) is 6.38. The third-order valence-electron chi connectivity index (χ3n) is 2.32. The second-order valence-corrected chi connectivity index (χ2v) is 4.46. The van der Waals surface area contributed by atoms with Gasteiger partial charge in [0.05, 0.1) is 5.60 Å². The molecule has 0 amide bonds. The molecule has 1 fully saturated rings. The third kappa shape index (κ3) is 3.51. The van der Waals surface area contributed by atoms with Crippen LogP contribution in [0.1, 0.15) is 13.8 Å². The Bertz CT molecular complexity index is 203. The fraction of sp³-hybridized carbons (Fsp3) is 0.889. The molecular weight excluding hydrogens is 180 g/mol. The summed E-state index contributed by atoms with van der Waals surface area (Å²) >= 11 is 0. The summed E-state index contributed by atoms with van der Waals surface area (Å²) in [7, 11) is 0. The standard InChI is InChI=1S/C9H20N4O/c1-9(2,14)7-12-3-5-13(6-4-12)8(10)11/h14H,3-7H2,1-2H3,(H3,10,11). The molecule has 0 aliphatic carbocycles. The van der Waals surface area contributed by atoms with E-state index in [2.05, 4.69) is 4.90 Å². The van der Waals surface area contributed by atoms with E-state index < -0.39 is 5.60 Å². The molecule has 82 valence electrons. The molecule has 5 nitrogen and oxygen atoms in total. The normalized spacial score (nSPS) is 19.8. The Morgan fingerprint density at radius 2 is 1.86 bits per heavy atom. The number of nitrogens with one attached hydrogen (secondary N) is 1. The minimum atomic E-state index is -0.640. The smallest absolute Gasteiger partial charge is 0.188 e. The highest BCUT2D eigenvalue weighted by Gasteiger charge is 2.22. The molecule has 1 rings (SSSR count). The van der Waals surface area contributed by atoms with Gasteiger partial charge in [-0.25, -0.2) is 0 Å². The van der Waals surface area contributed by atoms with Crippen LogP contribution in [-0.2, 0) is 0 Å². The number of rotatable bonds is 2. The van der Waals surface area contributed by atoms with Crippen LogP contribution >= 0.6 is 0 Å². The minimum Gasteiger partial charge on any atom is -0.389 e. The monoisotopic (exact) mass is 200 g/mol. The van der Waals surface area contributed by atoms with Crippen LogP contribution in [0.3, 0.4) is 0 Å². The first kappa shape index (κ1) is 11.3. The van der Waals surface area contributed by atoms with Crippen molar-refractivity contribution in [2.75, 3.05) is 32.7 Å². The first-order valence-electron chi connectivity index (χ1n) is 4.92. The van der Waals surface area contributed by atoms with Crippen molar-refractivity contribution in [2.24, 2.45) is 5.73 Å². The second kappa shape index (κ2) is 4.14. The van der Waals surface area contributed by atoms with E-state index in [-0.39, 0.29) is 5.96 Å². The van der Waals surface area contributed by atoms with Crippen LogP contribution in [-0.4, -0.2) is 59.2 Å². The number of guanidine groups is 1. The lowest BCUT2D eigenvalue weighted by molar-refractivity contribution is 0.0250. The molecule has 1 aliphatic heterocycles. The maximum absolute atomic E-state index is 9.62. The number of nitrogens with zero attached hydrogens (tertiary/aromatic N) is 2. The highest BCUT2D eigenvalue weighted by atomic mass is 16.3. The Labute approximate surface area is 85.0 Å². The van der Waals surface area contributed by atoms with Crippen molar-refractivity contribution in [2.45, 2.75) is 19.4 Å². The summed E-state index contributed by atoms with van der Waals surface area (Å²) in [5, 5.41) is 16.9. The summed E-state index contributed by atoms with van der Waals surface area (Å²) in [6.07, 6.45) is 0. The molecule has 1 heterocycles. The van der Waals surface area contributed by atoms with E-state index in [1.165, 1.54) is 0 Å². The van der Waals surface area contributed by atoms with Gasteiger partial charge in [-0.15, -0.1) is 0 Å². The topological polar surface area (TPSA) is 76.6 Å².